The molecule has 0 N–H and O–H groups in total. The molecule has 0 aliphatic heterocycles. The van der Waals surface area contributed by atoms with Crippen LogP contribution in [0.3, 0.4) is 0 Å². The molecular formula is C20H38O2. The Labute approximate surface area is 138 Å². The molecular weight excluding hydrogens is 272 g/mol. The van der Waals surface area contributed by atoms with Crippen molar-refractivity contribution in [2.24, 2.45) is 35.5 Å². The van der Waals surface area contributed by atoms with Crippen LogP contribution < -0.4 is 0 Å². The zero-order valence-electron chi connectivity index (χ0n) is 15.7. The summed E-state index contributed by atoms with van der Waals surface area (Å²) in [6.07, 6.45) is 8.20. The molecule has 2 fully saturated rings. The fourth-order valence-corrected chi connectivity index (χ4v) is 4.59. The first-order chi connectivity index (χ1) is 10.4. The second kappa shape index (κ2) is 8.15. The van der Waals surface area contributed by atoms with E-state index in [1.807, 2.05) is 0 Å². The van der Waals surface area contributed by atoms with Crippen molar-refractivity contribution in [1.29, 1.82) is 0 Å². The first kappa shape index (κ1) is 18.3. The van der Waals surface area contributed by atoms with Gasteiger partial charge >= 0.3 is 0 Å². The van der Waals surface area contributed by atoms with Crippen molar-refractivity contribution in [2.75, 3.05) is 0 Å². The maximum Gasteiger partial charge on any atom is 0.0963 e. The van der Waals surface area contributed by atoms with Gasteiger partial charge in [0.1, 0.15) is 0 Å². The van der Waals surface area contributed by atoms with Gasteiger partial charge in [-0.1, -0.05) is 54.4 Å². The van der Waals surface area contributed by atoms with E-state index in [4.69, 9.17) is 9.78 Å². The quantitative estimate of drug-likeness (QED) is 0.468. The number of hydrogen-bond donors (Lipinski definition) is 0. The van der Waals surface area contributed by atoms with Crippen molar-refractivity contribution >= 4 is 0 Å². The molecule has 0 heterocycles. The second-order valence-electron chi connectivity index (χ2n) is 8.92. The fraction of sp³-hybridized carbons (Fsp3) is 1.00. The summed E-state index contributed by atoms with van der Waals surface area (Å²) in [6, 6.07) is 0. The highest BCUT2D eigenvalue weighted by molar-refractivity contribution is 4.82. The number of hydrogen-bond acceptors (Lipinski definition) is 2. The highest BCUT2D eigenvalue weighted by Gasteiger charge is 2.36. The van der Waals surface area contributed by atoms with E-state index in [1.165, 1.54) is 25.7 Å². The Hall–Kier alpha value is -0.0800. The summed E-state index contributed by atoms with van der Waals surface area (Å²) in [4.78, 5) is 12.2. The molecule has 0 amide bonds. The molecule has 0 spiro atoms. The standard InChI is InChI=1S/C20H38O2/c1-13(2)17-9-7-15(5)11-19(17)21-22-20-12-16(6)8-10-18(20)14(3)4/h13-20H,7-12H2,1-6H3. The van der Waals surface area contributed by atoms with E-state index in [0.29, 0.717) is 35.9 Å². The van der Waals surface area contributed by atoms with Gasteiger partial charge in [-0.05, 0) is 61.2 Å². The van der Waals surface area contributed by atoms with Gasteiger partial charge in [0.05, 0.1) is 12.2 Å². The first-order valence-electron chi connectivity index (χ1n) is 9.70. The zero-order valence-corrected chi connectivity index (χ0v) is 15.7. The Balaban J connectivity index is 1.93. The van der Waals surface area contributed by atoms with Gasteiger partial charge in [0.2, 0.25) is 0 Å². The Bertz CT molecular complexity index is 294. The largest absolute Gasteiger partial charge is 0.233 e. The zero-order chi connectivity index (χ0) is 16.3. The molecule has 2 nitrogen and oxygen atoms in total. The summed E-state index contributed by atoms with van der Waals surface area (Å²) in [5, 5.41) is 0. The summed E-state index contributed by atoms with van der Waals surface area (Å²) in [6.45, 7) is 14.0. The third-order valence-electron chi connectivity index (χ3n) is 6.23. The lowest BCUT2D eigenvalue weighted by Gasteiger charge is -2.40. The van der Waals surface area contributed by atoms with E-state index in [-0.39, 0.29) is 0 Å². The smallest absolute Gasteiger partial charge is 0.0963 e. The topological polar surface area (TPSA) is 18.5 Å². The van der Waals surface area contributed by atoms with Crippen LogP contribution in [0.1, 0.15) is 80.1 Å². The number of rotatable bonds is 5. The molecule has 22 heavy (non-hydrogen) atoms. The van der Waals surface area contributed by atoms with Gasteiger partial charge in [0.15, 0.2) is 0 Å². The van der Waals surface area contributed by atoms with Gasteiger partial charge < -0.3 is 0 Å². The van der Waals surface area contributed by atoms with Crippen molar-refractivity contribution in [3.63, 3.8) is 0 Å². The maximum atomic E-state index is 6.10. The third kappa shape index (κ3) is 4.71. The van der Waals surface area contributed by atoms with E-state index in [2.05, 4.69) is 41.5 Å². The van der Waals surface area contributed by atoms with Gasteiger partial charge in [-0.25, -0.2) is 9.78 Å². The highest BCUT2D eigenvalue weighted by Crippen LogP contribution is 2.38. The molecule has 2 heteroatoms. The average molecular weight is 311 g/mol. The van der Waals surface area contributed by atoms with E-state index in [1.54, 1.807) is 0 Å². The van der Waals surface area contributed by atoms with Crippen molar-refractivity contribution in [2.45, 2.75) is 92.3 Å². The minimum atomic E-state index is 0.300. The van der Waals surface area contributed by atoms with Gasteiger partial charge in [0.25, 0.3) is 0 Å². The molecule has 2 rings (SSSR count). The minimum absolute atomic E-state index is 0.300. The lowest BCUT2D eigenvalue weighted by Crippen LogP contribution is -2.39. The van der Waals surface area contributed by atoms with Crippen LogP contribution in [0.25, 0.3) is 0 Å². The molecule has 0 saturated heterocycles. The molecule has 2 saturated carbocycles. The Morgan fingerprint density at radius 1 is 0.636 bits per heavy atom. The van der Waals surface area contributed by atoms with E-state index in [9.17, 15) is 0 Å². The Morgan fingerprint density at radius 2 is 1.00 bits per heavy atom. The molecule has 130 valence electrons. The van der Waals surface area contributed by atoms with E-state index in [0.717, 1.165) is 24.7 Å². The third-order valence-corrected chi connectivity index (χ3v) is 6.23. The van der Waals surface area contributed by atoms with Crippen LogP contribution >= 0.6 is 0 Å². The molecule has 0 aromatic heterocycles. The van der Waals surface area contributed by atoms with Crippen LogP contribution in [0, 0.1) is 35.5 Å². The van der Waals surface area contributed by atoms with Crippen LogP contribution in [0.4, 0.5) is 0 Å². The van der Waals surface area contributed by atoms with Gasteiger partial charge in [-0.2, -0.15) is 0 Å². The molecule has 0 bridgehead atoms. The molecule has 0 radical (unpaired) electrons. The molecule has 0 aromatic rings. The summed E-state index contributed by atoms with van der Waals surface area (Å²) in [5.41, 5.74) is 0. The van der Waals surface area contributed by atoms with E-state index >= 15 is 0 Å². The highest BCUT2D eigenvalue weighted by atomic mass is 17.2. The minimum Gasteiger partial charge on any atom is -0.233 e. The van der Waals surface area contributed by atoms with Gasteiger partial charge in [0, 0.05) is 0 Å². The predicted molar refractivity (Wildman–Crippen MR) is 92.4 cm³/mol. The van der Waals surface area contributed by atoms with Crippen molar-refractivity contribution in [3.05, 3.63) is 0 Å². The van der Waals surface area contributed by atoms with Gasteiger partial charge in [-0.3, -0.25) is 0 Å². The molecule has 0 aromatic carbocycles. The molecule has 6 unspecified atom stereocenters. The lowest BCUT2D eigenvalue weighted by molar-refractivity contribution is -0.379. The SMILES string of the molecule is CC1CCC(C(C)C)C(OOC2CC(C)CCC2C(C)C)C1. The van der Waals surface area contributed by atoms with Crippen LogP contribution in [-0.4, -0.2) is 12.2 Å². The average Bonchev–Trinajstić information content (AvgIpc) is 2.44. The fourth-order valence-electron chi connectivity index (χ4n) is 4.59. The van der Waals surface area contributed by atoms with Crippen LogP contribution in [0.5, 0.6) is 0 Å². The van der Waals surface area contributed by atoms with Crippen LogP contribution in [-0.2, 0) is 9.78 Å². The van der Waals surface area contributed by atoms with Crippen molar-refractivity contribution in [3.8, 4) is 0 Å². The second-order valence-corrected chi connectivity index (χ2v) is 8.92. The first-order valence-corrected chi connectivity index (χ1v) is 9.70. The van der Waals surface area contributed by atoms with Crippen LogP contribution in [0.15, 0.2) is 0 Å². The molecule has 2 aliphatic carbocycles. The summed E-state index contributed by atoms with van der Waals surface area (Å²) in [5.74, 6) is 4.24. The monoisotopic (exact) mass is 310 g/mol. The summed E-state index contributed by atoms with van der Waals surface area (Å²) >= 11 is 0. The molecule has 6 atom stereocenters. The summed E-state index contributed by atoms with van der Waals surface area (Å²) < 4.78 is 0. The van der Waals surface area contributed by atoms with Gasteiger partial charge in [-0.15, -0.1) is 0 Å². The van der Waals surface area contributed by atoms with Crippen molar-refractivity contribution < 1.29 is 9.78 Å². The lowest BCUT2D eigenvalue weighted by atomic mass is 9.75. The normalized spacial score (nSPS) is 40.4. The van der Waals surface area contributed by atoms with Crippen molar-refractivity contribution in [1.82, 2.24) is 0 Å². The maximum absolute atomic E-state index is 6.10. The molecule has 2 aliphatic rings. The Kier molecular flexibility index (Phi) is 6.76. The Morgan fingerprint density at radius 3 is 1.32 bits per heavy atom. The van der Waals surface area contributed by atoms with Crippen LogP contribution in [0.2, 0.25) is 0 Å². The van der Waals surface area contributed by atoms with E-state index < -0.39 is 0 Å². The summed E-state index contributed by atoms with van der Waals surface area (Å²) in [7, 11) is 0. The predicted octanol–water partition coefficient (Wildman–Crippen LogP) is 5.86.